The molecule has 0 saturated heterocycles. The fraction of sp³-hybridized carbons (Fsp3) is 0.909. The van der Waals surface area contributed by atoms with Gasteiger partial charge in [0.1, 0.15) is 0 Å². The quantitative estimate of drug-likeness (QED) is 0.717. The van der Waals surface area contributed by atoms with Gasteiger partial charge in [-0.25, -0.2) is 0 Å². The Labute approximate surface area is 86.7 Å². The van der Waals surface area contributed by atoms with Gasteiger partial charge in [-0.3, -0.25) is 4.79 Å². The first-order chi connectivity index (χ1) is 6.74. The maximum absolute atomic E-state index is 10.4. The van der Waals surface area contributed by atoms with E-state index in [4.69, 9.17) is 5.11 Å². The SMILES string of the molecule is CCCCC1CCC1CC(=O)O.CN. The Morgan fingerprint density at radius 1 is 1.36 bits per heavy atom. The number of hydrogen-bond acceptors (Lipinski definition) is 2. The molecular formula is C11H23NO2. The van der Waals surface area contributed by atoms with Gasteiger partial charge < -0.3 is 10.8 Å². The molecule has 1 aliphatic rings. The Bertz CT molecular complexity index is 159. The molecule has 2 unspecified atom stereocenters. The van der Waals surface area contributed by atoms with Crippen molar-refractivity contribution < 1.29 is 9.90 Å². The third-order valence-electron chi connectivity index (χ3n) is 2.94. The number of carbonyl (C=O) groups is 1. The van der Waals surface area contributed by atoms with Crippen LogP contribution in [0, 0.1) is 11.8 Å². The summed E-state index contributed by atoms with van der Waals surface area (Å²) in [5, 5.41) is 8.59. The summed E-state index contributed by atoms with van der Waals surface area (Å²) in [6.45, 7) is 2.19. The summed E-state index contributed by atoms with van der Waals surface area (Å²) < 4.78 is 0. The molecule has 0 heterocycles. The standard InChI is InChI=1S/C10H18O2.CH5N/c1-2-3-4-8-5-6-9(8)7-10(11)12;1-2/h8-9H,2-7H2,1H3,(H,11,12);2H2,1H3. The highest BCUT2D eigenvalue weighted by atomic mass is 16.4. The lowest BCUT2D eigenvalue weighted by Gasteiger charge is -2.35. The van der Waals surface area contributed by atoms with Gasteiger partial charge in [0.05, 0.1) is 0 Å². The van der Waals surface area contributed by atoms with Gasteiger partial charge in [-0.05, 0) is 31.7 Å². The van der Waals surface area contributed by atoms with Crippen molar-refractivity contribution in [1.82, 2.24) is 0 Å². The van der Waals surface area contributed by atoms with Gasteiger partial charge in [0.25, 0.3) is 0 Å². The number of carboxylic acid groups (broad SMARTS) is 1. The summed E-state index contributed by atoms with van der Waals surface area (Å²) in [5.41, 5.74) is 4.50. The number of carboxylic acids is 1. The molecule has 0 aromatic rings. The van der Waals surface area contributed by atoms with Crippen LogP contribution in [-0.2, 0) is 4.79 Å². The Kier molecular flexibility index (Phi) is 7.48. The molecule has 3 N–H and O–H groups in total. The predicted molar refractivity (Wildman–Crippen MR) is 58.1 cm³/mol. The van der Waals surface area contributed by atoms with Crippen LogP contribution in [0.25, 0.3) is 0 Å². The van der Waals surface area contributed by atoms with Crippen LogP contribution in [0.1, 0.15) is 45.4 Å². The summed E-state index contributed by atoms with van der Waals surface area (Å²) in [4.78, 5) is 10.4. The smallest absolute Gasteiger partial charge is 0.303 e. The molecule has 1 aliphatic carbocycles. The van der Waals surface area contributed by atoms with Crippen molar-refractivity contribution in [2.45, 2.75) is 45.4 Å². The van der Waals surface area contributed by atoms with E-state index < -0.39 is 5.97 Å². The van der Waals surface area contributed by atoms with Crippen molar-refractivity contribution in [1.29, 1.82) is 0 Å². The van der Waals surface area contributed by atoms with E-state index in [0.717, 1.165) is 12.3 Å². The van der Waals surface area contributed by atoms with Crippen molar-refractivity contribution in [2.24, 2.45) is 17.6 Å². The van der Waals surface area contributed by atoms with E-state index in [9.17, 15) is 4.79 Å². The number of nitrogens with two attached hydrogens (primary N) is 1. The molecule has 0 aliphatic heterocycles. The Balaban J connectivity index is 0.000000791. The predicted octanol–water partition coefficient (Wildman–Crippen LogP) is 2.25. The molecule has 0 aromatic heterocycles. The molecule has 3 heteroatoms. The average Bonchev–Trinajstić information content (AvgIpc) is 2.16. The zero-order valence-corrected chi connectivity index (χ0v) is 9.33. The average molecular weight is 201 g/mol. The van der Waals surface area contributed by atoms with E-state index in [2.05, 4.69) is 12.7 Å². The lowest BCUT2D eigenvalue weighted by atomic mass is 9.70. The summed E-state index contributed by atoms with van der Waals surface area (Å²) in [6, 6.07) is 0. The van der Waals surface area contributed by atoms with Crippen LogP contribution in [0.4, 0.5) is 0 Å². The molecule has 84 valence electrons. The van der Waals surface area contributed by atoms with E-state index in [1.54, 1.807) is 0 Å². The van der Waals surface area contributed by atoms with Crippen LogP contribution in [-0.4, -0.2) is 18.1 Å². The summed E-state index contributed by atoms with van der Waals surface area (Å²) in [7, 11) is 1.50. The lowest BCUT2D eigenvalue weighted by Crippen LogP contribution is -2.27. The van der Waals surface area contributed by atoms with Gasteiger partial charge in [-0.15, -0.1) is 0 Å². The largest absolute Gasteiger partial charge is 0.481 e. The highest BCUT2D eigenvalue weighted by molar-refractivity contribution is 5.67. The van der Waals surface area contributed by atoms with Crippen LogP contribution in [0.3, 0.4) is 0 Å². The van der Waals surface area contributed by atoms with Crippen LogP contribution in [0.15, 0.2) is 0 Å². The van der Waals surface area contributed by atoms with E-state index in [0.29, 0.717) is 12.3 Å². The molecule has 0 radical (unpaired) electrons. The molecule has 1 saturated carbocycles. The molecule has 3 nitrogen and oxygen atoms in total. The van der Waals surface area contributed by atoms with E-state index in [-0.39, 0.29) is 0 Å². The fourth-order valence-electron chi connectivity index (χ4n) is 1.98. The first-order valence-corrected chi connectivity index (χ1v) is 5.53. The fourth-order valence-corrected chi connectivity index (χ4v) is 1.98. The monoisotopic (exact) mass is 201 g/mol. The topological polar surface area (TPSA) is 63.3 Å². The summed E-state index contributed by atoms with van der Waals surface area (Å²) in [6.07, 6.45) is 6.54. The van der Waals surface area contributed by atoms with Crippen LogP contribution >= 0.6 is 0 Å². The minimum atomic E-state index is -0.624. The third kappa shape index (κ3) is 4.61. The minimum absolute atomic E-state index is 0.397. The lowest BCUT2D eigenvalue weighted by molar-refractivity contribution is -0.139. The van der Waals surface area contributed by atoms with Crippen molar-refractivity contribution >= 4 is 5.97 Å². The molecule has 0 aromatic carbocycles. The van der Waals surface area contributed by atoms with Crippen LogP contribution < -0.4 is 5.73 Å². The van der Waals surface area contributed by atoms with Crippen molar-refractivity contribution in [3.05, 3.63) is 0 Å². The zero-order valence-electron chi connectivity index (χ0n) is 9.33. The highest BCUT2D eigenvalue weighted by Crippen LogP contribution is 2.39. The maximum Gasteiger partial charge on any atom is 0.303 e. The first kappa shape index (κ1) is 13.4. The second kappa shape index (κ2) is 7.80. The van der Waals surface area contributed by atoms with Crippen molar-refractivity contribution in [2.75, 3.05) is 7.05 Å². The molecule has 14 heavy (non-hydrogen) atoms. The molecule has 0 amide bonds. The molecule has 2 atom stereocenters. The third-order valence-corrected chi connectivity index (χ3v) is 2.94. The highest BCUT2D eigenvalue weighted by Gasteiger charge is 2.31. The minimum Gasteiger partial charge on any atom is -0.481 e. The first-order valence-electron chi connectivity index (χ1n) is 5.53. The van der Waals surface area contributed by atoms with E-state index in [1.165, 1.54) is 32.7 Å². The van der Waals surface area contributed by atoms with Gasteiger partial charge in [0.15, 0.2) is 0 Å². The molecule has 1 fully saturated rings. The molecule has 0 bridgehead atoms. The van der Waals surface area contributed by atoms with Gasteiger partial charge in [-0.1, -0.05) is 26.2 Å². The van der Waals surface area contributed by atoms with Gasteiger partial charge >= 0.3 is 5.97 Å². The number of hydrogen-bond donors (Lipinski definition) is 2. The Morgan fingerprint density at radius 2 is 1.93 bits per heavy atom. The molecule has 1 rings (SSSR count). The molecule has 0 spiro atoms. The summed E-state index contributed by atoms with van der Waals surface area (Å²) in [5.74, 6) is 0.594. The van der Waals surface area contributed by atoms with E-state index in [1.807, 2.05) is 0 Å². The number of unbranched alkanes of at least 4 members (excludes halogenated alkanes) is 1. The number of rotatable bonds is 5. The Hall–Kier alpha value is -0.570. The van der Waals surface area contributed by atoms with Gasteiger partial charge in [0.2, 0.25) is 0 Å². The van der Waals surface area contributed by atoms with Crippen LogP contribution in [0.2, 0.25) is 0 Å². The van der Waals surface area contributed by atoms with E-state index >= 15 is 0 Å². The zero-order chi connectivity index (χ0) is 11.0. The maximum atomic E-state index is 10.4. The van der Waals surface area contributed by atoms with Gasteiger partial charge in [0, 0.05) is 6.42 Å². The molecular weight excluding hydrogens is 178 g/mol. The van der Waals surface area contributed by atoms with Crippen molar-refractivity contribution in [3.8, 4) is 0 Å². The second-order valence-electron chi connectivity index (χ2n) is 3.84. The normalized spacial score (nSPS) is 24.5. The van der Waals surface area contributed by atoms with Crippen molar-refractivity contribution in [3.63, 3.8) is 0 Å². The van der Waals surface area contributed by atoms with Gasteiger partial charge in [-0.2, -0.15) is 0 Å². The summed E-state index contributed by atoms with van der Waals surface area (Å²) >= 11 is 0. The number of aliphatic carboxylic acids is 1. The second-order valence-corrected chi connectivity index (χ2v) is 3.84. The van der Waals surface area contributed by atoms with Crippen LogP contribution in [0.5, 0.6) is 0 Å². The Morgan fingerprint density at radius 3 is 2.29 bits per heavy atom.